The summed E-state index contributed by atoms with van der Waals surface area (Å²) in [6.45, 7) is 4.42. The molecule has 0 aliphatic heterocycles. The fourth-order valence-corrected chi connectivity index (χ4v) is 1.95. The highest BCUT2D eigenvalue weighted by molar-refractivity contribution is 7.84. The molecule has 0 aliphatic carbocycles. The average molecular weight is 278 g/mol. The first-order valence-electron chi connectivity index (χ1n) is 6.08. The number of hydrogen-bond donors (Lipinski definition) is 3. The van der Waals surface area contributed by atoms with E-state index in [0.29, 0.717) is 31.0 Å². The molecular formula is C11H22N2O4S. The molecule has 106 valence electrons. The third-order valence-electron chi connectivity index (χ3n) is 2.53. The van der Waals surface area contributed by atoms with Gasteiger partial charge in [0.25, 0.3) is 0 Å². The fraction of sp³-hybridized carbons (Fsp3) is 0.818. The predicted molar refractivity (Wildman–Crippen MR) is 71.0 cm³/mol. The van der Waals surface area contributed by atoms with Crippen LogP contribution in [0.25, 0.3) is 0 Å². The summed E-state index contributed by atoms with van der Waals surface area (Å²) in [5, 5.41) is 13.9. The number of aliphatic carboxylic acids is 1. The first-order valence-corrected chi connectivity index (χ1v) is 7.56. The summed E-state index contributed by atoms with van der Waals surface area (Å²) < 4.78 is 11.1. The van der Waals surface area contributed by atoms with Gasteiger partial charge in [-0.3, -0.25) is 9.00 Å². The van der Waals surface area contributed by atoms with E-state index in [1.165, 1.54) is 0 Å². The predicted octanol–water partition coefficient (Wildman–Crippen LogP) is 0.555. The van der Waals surface area contributed by atoms with Crippen molar-refractivity contribution in [3.05, 3.63) is 0 Å². The molecule has 0 fully saturated rings. The molecule has 0 saturated heterocycles. The molecule has 6 nitrogen and oxygen atoms in total. The third-order valence-corrected chi connectivity index (χ3v) is 3.83. The van der Waals surface area contributed by atoms with Crippen LogP contribution in [0.3, 0.4) is 0 Å². The highest BCUT2D eigenvalue weighted by Crippen LogP contribution is 2.06. The van der Waals surface area contributed by atoms with Crippen molar-refractivity contribution in [2.45, 2.75) is 26.7 Å². The summed E-state index contributed by atoms with van der Waals surface area (Å²) >= 11 is 0. The highest BCUT2D eigenvalue weighted by Gasteiger charge is 2.12. The van der Waals surface area contributed by atoms with Gasteiger partial charge in [0.15, 0.2) is 0 Å². The number of carbonyl (C=O) groups is 2. The van der Waals surface area contributed by atoms with E-state index in [9.17, 15) is 13.8 Å². The van der Waals surface area contributed by atoms with Crippen molar-refractivity contribution in [2.24, 2.45) is 5.92 Å². The Bertz CT molecular complexity index is 297. The molecule has 3 N–H and O–H groups in total. The maximum atomic E-state index is 11.4. The minimum absolute atomic E-state index is 0.0522. The molecule has 18 heavy (non-hydrogen) atoms. The second-order valence-electron chi connectivity index (χ2n) is 3.94. The van der Waals surface area contributed by atoms with Gasteiger partial charge in [-0.15, -0.1) is 0 Å². The van der Waals surface area contributed by atoms with Crippen LogP contribution in [0.5, 0.6) is 0 Å². The van der Waals surface area contributed by atoms with Crippen LogP contribution >= 0.6 is 0 Å². The molecule has 0 bridgehead atoms. The number of carboxylic acid groups (broad SMARTS) is 1. The van der Waals surface area contributed by atoms with E-state index in [1.807, 2.05) is 13.8 Å². The summed E-state index contributed by atoms with van der Waals surface area (Å²) in [5.41, 5.74) is 0. The largest absolute Gasteiger partial charge is 0.481 e. The number of carbonyl (C=O) groups excluding carboxylic acids is 1. The van der Waals surface area contributed by atoms with Gasteiger partial charge in [-0.05, 0) is 5.92 Å². The Kier molecular flexibility index (Phi) is 9.26. The monoisotopic (exact) mass is 278 g/mol. The lowest BCUT2D eigenvalue weighted by Gasteiger charge is -2.13. The Labute approximate surface area is 110 Å². The van der Waals surface area contributed by atoms with E-state index in [0.717, 1.165) is 0 Å². The van der Waals surface area contributed by atoms with Gasteiger partial charge in [-0.25, -0.2) is 4.79 Å². The molecule has 2 amide bonds. The van der Waals surface area contributed by atoms with Gasteiger partial charge in [0.1, 0.15) is 0 Å². The SMILES string of the molecule is CCC(CNC(=O)NCCS(=O)CC)CC(=O)O. The van der Waals surface area contributed by atoms with Gasteiger partial charge >= 0.3 is 12.0 Å². The maximum Gasteiger partial charge on any atom is 0.314 e. The van der Waals surface area contributed by atoms with Crippen LogP contribution in [0.4, 0.5) is 4.79 Å². The van der Waals surface area contributed by atoms with Crippen LogP contribution in [0.1, 0.15) is 26.7 Å². The zero-order valence-electron chi connectivity index (χ0n) is 10.9. The van der Waals surface area contributed by atoms with Crippen molar-refractivity contribution in [3.63, 3.8) is 0 Å². The van der Waals surface area contributed by atoms with E-state index < -0.39 is 16.8 Å². The van der Waals surface area contributed by atoms with Crippen molar-refractivity contribution in [1.82, 2.24) is 10.6 Å². The Balaban J connectivity index is 3.74. The Hall–Kier alpha value is -1.11. The zero-order valence-corrected chi connectivity index (χ0v) is 11.7. The lowest BCUT2D eigenvalue weighted by molar-refractivity contribution is -0.138. The fourth-order valence-electron chi connectivity index (χ4n) is 1.33. The van der Waals surface area contributed by atoms with Gasteiger partial charge in [-0.2, -0.15) is 0 Å². The molecule has 2 atom stereocenters. The van der Waals surface area contributed by atoms with Crippen molar-refractivity contribution in [3.8, 4) is 0 Å². The standard InChI is InChI=1S/C11H22N2O4S/c1-3-9(7-10(14)15)8-13-11(16)12-5-6-18(17)4-2/h9H,3-8H2,1-2H3,(H,14,15)(H2,12,13,16). The number of nitrogens with one attached hydrogen (secondary N) is 2. The molecule has 0 aromatic rings. The summed E-state index contributed by atoms with van der Waals surface area (Å²) in [7, 11) is -0.886. The lowest BCUT2D eigenvalue weighted by Crippen LogP contribution is -2.40. The van der Waals surface area contributed by atoms with E-state index in [4.69, 9.17) is 5.11 Å². The van der Waals surface area contributed by atoms with Crippen molar-refractivity contribution in [1.29, 1.82) is 0 Å². The summed E-state index contributed by atoms with van der Waals surface area (Å²) in [5.74, 6) is 0.108. The minimum Gasteiger partial charge on any atom is -0.481 e. The van der Waals surface area contributed by atoms with Crippen LogP contribution in [0, 0.1) is 5.92 Å². The van der Waals surface area contributed by atoms with Gasteiger partial charge in [0.2, 0.25) is 0 Å². The van der Waals surface area contributed by atoms with E-state index in [2.05, 4.69) is 10.6 Å². The second-order valence-corrected chi connectivity index (χ2v) is 5.81. The molecule has 0 aromatic carbocycles. The molecule has 0 radical (unpaired) electrons. The van der Waals surface area contributed by atoms with E-state index in [1.54, 1.807) is 0 Å². The number of urea groups is 1. The minimum atomic E-state index is -0.886. The number of amides is 2. The van der Waals surface area contributed by atoms with Crippen LogP contribution in [0.15, 0.2) is 0 Å². The van der Waals surface area contributed by atoms with Gasteiger partial charge in [0, 0.05) is 41.8 Å². The maximum absolute atomic E-state index is 11.4. The third kappa shape index (κ3) is 8.98. The number of rotatable bonds is 9. The Morgan fingerprint density at radius 2 is 1.94 bits per heavy atom. The van der Waals surface area contributed by atoms with Crippen LogP contribution in [0.2, 0.25) is 0 Å². The number of carboxylic acids is 1. The molecule has 0 saturated carbocycles. The molecule has 0 aromatic heterocycles. The van der Waals surface area contributed by atoms with Gasteiger partial charge in [0.05, 0.1) is 0 Å². The molecule has 0 rings (SSSR count). The van der Waals surface area contributed by atoms with Crippen molar-refractivity contribution < 1.29 is 18.9 Å². The van der Waals surface area contributed by atoms with Gasteiger partial charge < -0.3 is 15.7 Å². The Morgan fingerprint density at radius 1 is 1.28 bits per heavy atom. The smallest absolute Gasteiger partial charge is 0.314 e. The molecule has 7 heteroatoms. The van der Waals surface area contributed by atoms with Crippen LogP contribution in [-0.2, 0) is 15.6 Å². The van der Waals surface area contributed by atoms with Crippen LogP contribution < -0.4 is 10.6 Å². The molecule has 0 spiro atoms. The van der Waals surface area contributed by atoms with E-state index in [-0.39, 0.29) is 18.4 Å². The zero-order chi connectivity index (χ0) is 14.0. The topological polar surface area (TPSA) is 95.5 Å². The molecule has 0 aliphatic rings. The first-order chi connectivity index (χ1) is 8.49. The summed E-state index contributed by atoms with van der Waals surface area (Å²) in [6, 6.07) is -0.341. The van der Waals surface area contributed by atoms with E-state index >= 15 is 0 Å². The summed E-state index contributed by atoms with van der Waals surface area (Å²) in [6.07, 6.45) is 0.753. The summed E-state index contributed by atoms with van der Waals surface area (Å²) in [4.78, 5) is 21.9. The Morgan fingerprint density at radius 3 is 2.44 bits per heavy atom. The number of hydrogen-bond acceptors (Lipinski definition) is 3. The first kappa shape index (κ1) is 16.9. The van der Waals surface area contributed by atoms with Crippen molar-refractivity contribution >= 4 is 22.8 Å². The average Bonchev–Trinajstić information content (AvgIpc) is 2.33. The normalized spacial score (nSPS) is 13.7. The van der Waals surface area contributed by atoms with Crippen LogP contribution in [-0.4, -0.2) is 45.9 Å². The molecular weight excluding hydrogens is 256 g/mol. The lowest BCUT2D eigenvalue weighted by atomic mass is 10.0. The molecule has 0 heterocycles. The van der Waals surface area contributed by atoms with Gasteiger partial charge in [-0.1, -0.05) is 20.3 Å². The van der Waals surface area contributed by atoms with Crippen molar-refractivity contribution in [2.75, 3.05) is 24.6 Å². The molecule has 2 unspecified atom stereocenters. The highest BCUT2D eigenvalue weighted by atomic mass is 32.2. The second kappa shape index (κ2) is 9.87. The quantitative estimate of drug-likeness (QED) is 0.574.